The van der Waals surface area contributed by atoms with E-state index in [4.69, 9.17) is 40.5 Å². The highest BCUT2D eigenvalue weighted by atomic mass is 35.5. The Labute approximate surface area is 157 Å². The summed E-state index contributed by atoms with van der Waals surface area (Å²) in [6.07, 6.45) is 0. The number of nitrogen functional groups attached to an aromatic ring is 1. The summed E-state index contributed by atoms with van der Waals surface area (Å²) >= 11 is 19.4. The molecule has 0 aliphatic heterocycles. The van der Waals surface area contributed by atoms with Gasteiger partial charge in [0.2, 0.25) is 0 Å². The number of anilines is 2. The van der Waals surface area contributed by atoms with Crippen LogP contribution in [0.25, 0.3) is 10.2 Å². The van der Waals surface area contributed by atoms with Crippen molar-refractivity contribution >= 4 is 73.6 Å². The van der Waals surface area contributed by atoms with Gasteiger partial charge in [0.05, 0.1) is 26.8 Å². The van der Waals surface area contributed by atoms with E-state index < -0.39 is 0 Å². The third-order valence-electron chi connectivity index (χ3n) is 3.53. The number of hydrogen-bond acceptors (Lipinski definition) is 3. The molecule has 3 rings (SSSR count). The fraction of sp³-hybridized carbons (Fsp3) is 0.125. The standard InChI is InChI=1S/C16H12Cl3N3OS/c1-6-3-7(2)21-16-11(6)12(20)14(24-16)15(23)22-13-9(18)4-8(17)5-10(13)19/h3-5H,20H2,1-2H3,(H,22,23)/p+1. The average Bonchev–Trinajstić information content (AvgIpc) is 2.79. The fourth-order valence-corrected chi connectivity index (χ4v) is 4.59. The molecule has 4 N–H and O–H groups in total. The first kappa shape index (κ1) is 17.3. The zero-order valence-electron chi connectivity index (χ0n) is 12.8. The van der Waals surface area contributed by atoms with E-state index in [9.17, 15) is 4.79 Å². The summed E-state index contributed by atoms with van der Waals surface area (Å²) in [4.78, 5) is 17.1. The quantitative estimate of drug-likeness (QED) is 0.625. The monoisotopic (exact) mass is 400 g/mol. The highest BCUT2D eigenvalue weighted by Crippen LogP contribution is 2.37. The predicted molar refractivity (Wildman–Crippen MR) is 102 cm³/mol. The highest BCUT2D eigenvalue weighted by Gasteiger charge is 2.23. The van der Waals surface area contributed by atoms with E-state index in [-0.39, 0.29) is 16.0 Å². The topological polar surface area (TPSA) is 69.3 Å². The van der Waals surface area contributed by atoms with Crippen LogP contribution < -0.4 is 16.0 Å². The maximum Gasteiger partial charge on any atom is 0.270 e. The van der Waals surface area contributed by atoms with Gasteiger partial charge in [0, 0.05) is 18.0 Å². The Morgan fingerprint density at radius 2 is 1.79 bits per heavy atom. The Balaban J connectivity index is 2.04. The van der Waals surface area contributed by atoms with Crippen LogP contribution >= 0.6 is 46.1 Å². The molecular formula is C16H13Cl3N3OS+. The summed E-state index contributed by atoms with van der Waals surface area (Å²) in [5, 5.41) is 4.48. The molecule has 8 heteroatoms. The van der Waals surface area contributed by atoms with Crippen molar-refractivity contribution in [3.8, 4) is 0 Å². The van der Waals surface area contributed by atoms with Gasteiger partial charge in [0.1, 0.15) is 4.88 Å². The molecule has 0 saturated heterocycles. The second-order valence-electron chi connectivity index (χ2n) is 5.38. The van der Waals surface area contributed by atoms with Gasteiger partial charge in [-0.25, -0.2) is 0 Å². The molecule has 2 heterocycles. The van der Waals surface area contributed by atoms with E-state index in [1.165, 1.54) is 23.5 Å². The lowest BCUT2D eigenvalue weighted by Gasteiger charge is -2.09. The second-order valence-corrected chi connectivity index (χ2v) is 7.65. The van der Waals surface area contributed by atoms with Crippen LogP contribution in [-0.4, -0.2) is 5.91 Å². The largest absolute Gasteiger partial charge is 0.397 e. The van der Waals surface area contributed by atoms with Crippen LogP contribution in [0.15, 0.2) is 18.2 Å². The summed E-state index contributed by atoms with van der Waals surface area (Å²) < 4.78 is 0. The minimum absolute atomic E-state index is 0.263. The Bertz CT molecular complexity index is 961. The average molecular weight is 402 g/mol. The maximum absolute atomic E-state index is 12.6. The number of halogens is 3. The van der Waals surface area contributed by atoms with E-state index in [2.05, 4.69) is 10.3 Å². The lowest BCUT2D eigenvalue weighted by atomic mass is 10.1. The Kier molecular flexibility index (Phi) is 4.62. The summed E-state index contributed by atoms with van der Waals surface area (Å²) in [6.45, 7) is 3.91. The minimum atomic E-state index is -0.370. The molecule has 3 aromatic rings. The third-order valence-corrected chi connectivity index (χ3v) is 5.47. The minimum Gasteiger partial charge on any atom is -0.397 e. The van der Waals surface area contributed by atoms with Crippen molar-refractivity contribution in [2.75, 3.05) is 11.1 Å². The maximum atomic E-state index is 12.6. The van der Waals surface area contributed by atoms with Gasteiger partial charge in [0.25, 0.3) is 10.7 Å². The molecule has 0 unspecified atom stereocenters. The van der Waals surface area contributed by atoms with Crippen LogP contribution in [0, 0.1) is 13.8 Å². The molecule has 0 bridgehead atoms. The summed E-state index contributed by atoms with van der Waals surface area (Å²) in [5.74, 6) is -0.370. The van der Waals surface area contributed by atoms with E-state index in [0.717, 1.165) is 21.5 Å². The molecule has 0 spiro atoms. The van der Waals surface area contributed by atoms with Crippen molar-refractivity contribution in [3.63, 3.8) is 0 Å². The molecule has 1 aromatic carbocycles. The Hall–Kier alpha value is -1.53. The first-order valence-electron chi connectivity index (χ1n) is 6.95. The van der Waals surface area contributed by atoms with Gasteiger partial charge < -0.3 is 11.1 Å². The van der Waals surface area contributed by atoms with Gasteiger partial charge in [-0.2, -0.15) is 4.98 Å². The molecule has 0 aliphatic carbocycles. The molecule has 0 saturated carbocycles. The molecule has 2 aromatic heterocycles. The number of nitrogens with one attached hydrogen (secondary N) is 2. The van der Waals surface area contributed by atoms with Crippen molar-refractivity contribution < 1.29 is 9.78 Å². The van der Waals surface area contributed by atoms with Crippen LogP contribution in [0.1, 0.15) is 20.9 Å². The van der Waals surface area contributed by atoms with Crippen LogP contribution in [-0.2, 0) is 0 Å². The van der Waals surface area contributed by atoms with Gasteiger partial charge in [-0.3, -0.25) is 4.79 Å². The number of H-pyrrole nitrogens is 1. The fourth-order valence-electron chi connectivity index (χ4n) is 2.54. The number of fused-ring (bicyclic) bond motifs is 1. The number of carbonyl (C=O) groups is 1. The van der Waals surface area contributed by atoms with E-state index in [1.54, 1.807) is 0 Å². The lowest BCUT2D eigenvalue weighted by Crippen LogP contribution is -2.12. The van der Waals surface area contributed by atoms with Gasteiger partial charge >= 0.3 is 0 Å². The van der Waals surface area contributed by atoms with Crippen LogP contribution in [0.3, 0.4) is 0 Å². The first-order valence-corrected chi connectivity index (χ1v) is 8.90. The molecule has 0 radical (unpaired) electrons. The zero-order chi connectivity index (χ0) is 17.6. The second kappa shape index (κ2) is 6.41. The number of nitrogens with two attached hydrogens (primary N) is 1. The molecule has 0 fully saturated rings. The molecule has 1 amide bonds. The van der Waals surface area contributed by atoms with E-state index in [0.29, 0.717) is 21.3 Å². The molecule has 0 atom stereocenters. The Morgan fingerprint density at radius 3 is 2.42 bits per heavy atom. The zero-order valence-corrected chi connectivity index (χ0v) is 15.8. The SMILES string of the molecule is Cc1cc(C)c2c(N)c(C(=O)Nc3c(Cl)cc(Cl)cc3Cl)sc2[nH+]1. The summed E-state index contributed by atoms with van der Waals surface area (Å²) in [5.41, 5.74) is 8.93. The number of carbonyl (C=O) groups excluding carboxylic acids is 1. The number of aromatic nitrogens is 1. The van der Waals surface area contributed by atoms with Gasteiger partial charge in [-0.05, 0) is 24.6 Å². The highest BCUT2D eigenvalue weighted by molar-refractivity contribution is 7.21. The van der Waals surface area contributed by atoms with Crippen LogP contribution in [0.4, 0.5) is 11.4 Å². The van der Waals surface area contributed by atoms with Gasteiger partial charge in [-0.15, -0.1) is 0 Å². The number of thiophene rings is 1. The van der Waals surface area contributed by atoms with Crippen molar-refractivity contribution in [3.05, 3.63) is 49.4 Å². The van der Waals surface area contributed by atoms with E-state index in [1.807, 2.05) is 19.9 Å². The summed E-state index contributed by atoms with van der Waals surface area (Å²) in [6, 6.07) is 5.01. The molecule has 0 aliphatic rings. The molecular weight excluding hydrogens is 389 g/mol. The van der Waals surface area contributed by atoms with Crippen molar-refractivity contribution in [2.24, 2.45) is 0 Å². The van der Waals surface area contributed by atoms with Crippen LogP contribution in [0.5, 0.6) is 0 Å². The van der Waals surface area contributed by atoms with Crippen molar-refractivity contribution in [1.82, 2.24) is 0 Å². The van der Waals surface area contributed by atoms with Crippen molar-refractivity contribution in [2.45, 2.75) is 13.8 Å². The Morgan fingerprint density at radius 1 is 1.17 bits per heavy atom. The number of aryl methyl sites for hydroxylation is 2. The normalized spacial score (nSPS) is 11.0. The smallest absolute Gasteiger partial charge is 0.270 e. The number of hydrogen-bond donors (Lipinski definition) is 2. The number of aromatic amines is 1. The summed E-state index contributed by atoms with van der Waals surface area (Å²) in [7, 11) is 0. The lowest BCUT2D eigenvalue weighted by molar-refractivity contribution is -0.351. The third kappa shape index (κ3) is 3.05. The van der Waals surface area contributed by atoms with Crippen LogP contribution in [0.2, 0.25) is 15.1 Å². The number of rotatable bonds is 2. The van der Waals surface area contributed by atoms with Crippen molar-refractivity contribution in [1.29, 1.82) is 0 Å². The number of amides is 1. The predicted octanol–water partition coefficient (Wildman–Crippen LogP) is 5.13. The first-order chi connectivity index (χ1) is 11.3. The number of benzene rings is 1. The van der Waals surface area contributed by atoms with Gasteiger partial charge in [-0.1, -0.05) is 46.1 Å². The van der Waals surface area contributed by atoms with E-state index >= 15 is 0 Å². The van der Waals surface area contributed by atoms with Gasteiger partial charge in [0.15, 0.2) is 5.69 Å². The molecule has 4 nitrogen and oxygen atoms in total. The molecule has 24 heavy (non-hydrogen) atoms. The molecule has 124 valence electrons. The number of pyridine rings is 1.